The summed E-state index contributed by atoms with van der Waals surface area (Å²) in [5, 5.41) is 5.05. The third-order valence-electron chi connectivity index (χ3n) is 4.41. The fourth-order valence-corrected chi connectivity index (χ4v) is 3.67. The van der Waals surface area contributed by atoms with Crippen LogP contribution in [0.3, 0.4) is 0 Å². The molecule has 2 fully saturated rings. The monoisotopic (exact) mass is 269 g/mol. The fraction of sp³-hybridized carbons (Fsp3) is 0.769. The molecule has 0 spiro atoms. The van der Waals surface area contributed by atoms with Crippen LogP contribution in [0.1, 0.15) is 30.5 Å². The number of hydrogen-bond acceptors (Lipinski definition) is 3. The maximum absolute atomic E-state index is 6.37. The van der Waals surface area contributed by atoms with Gasteiger partial charge in [-0.25, -0.2) is 0 Å². The van der Waals surface area contributed by atoms with Crippen LogP contribution in [0.25, 0.3) is 0 Å². The van der Waals surface area contributed by atoms with E-state index in [2.05, 4.69) is 5.10 Å². The van der Waals surface area contributed by atoms with Gasteiger partial charge in [-0.15, -0.1) is 0 Å². The lowest BCUT2D eigenvalue weighted by Gasteiger charge is -2.25. The SMILES string of the molecule is Cc1nn(C)c(Cl)c1CC(N)C1CC2CCC1O2. The number of hydrogen-bond donors (Lipinski definition) is 1. The van der Waals surface area contributed by atoms with Crippen LogP contribution >= 0.6 is 11.6 Å². The van der Waals surface area contributed by atoms with E-state index in [1.54, 1.807) is 4.68 Å². The maximum Gasteiger partial charge on any atom is 0.130 e. The first-order valence-corrected chi connectivity index (χ1v) is 7.03. The van der Waals surface area contributed by atoms with Gasteiger partial charge in [0.15, 0.2) is 0 Å². The Kier molecular flexibility index (Phi) is 3.12. The van der Waals surface area contributed by atoms with Gasteiger partial charge >= 0.3 is 0 Å². The molecule has 18 heavy (non-hydrogen) atoms. The summed E-state index contributed by atoms with van der Waals surface area (Å²) in [5.41, 5.74) is 8.45. The summed E-state index contributed by atoms with van der Waals surface area (Å²) in [5.74, 6) is 0.486. The molecule has 2 bridgehead atoms. The lowest BCUT2D eigenvalue weighted by atomic mass is 9.82. The highest BCUT2D eigenvalue weighted by Gasteiger charge is 2.43. The lowest BCUT2D eigenvalue weighted by Crippen LogP contribution is -2.38. The zero-order valence-corrected chi connectivity index (χ0v) is 11.7. The van der Waals surface area contributed by atoms with Crippen molar-refractivity contribution in [2.75, 3.05) is 0 Å². The summed E-state index contributed by atoms with van der Waals surface area (Å²) in [6.07, 6.45) is 5.12. The first kappa shape index (κ1) is 12.5. The van der Waals surface area contributed by atoms with Crippen LogP contribution < -0.4 is 5.73 Å². The minimum atomic E-state index is 0.126. The molecule has 100 valence electrons. The Bertz CT molecular complexity index is 459. The van der Waals surface area contributed by atoms with Crippen LogP contribution in [0.5, 0.6) is 0 Å². The van der Waals surface area contributed by atoms with Crippen LogP contribution in [-0.2, 0) is 18.2 Å². The van der Waals surface area contributed by atoms with Crippen molar-refractivity contribution in [1.82, 2.24) is 9.78 Å². The molecule has 1 aromatic heterocycles. The standard InChI is InChI=1S/C13H20ClN3O/c1-7-9(13(14)17(2)16-7)6-11(15)10-5-8-3-4-12(10)18-8/h8,10-12H,3-6,15H2,1-2H3. The molecule has 5 heteroatoms. The largest absolute Gasteiger partial charge is 0.375 e. The Morgan fingerprint density at radius 3 is 2.83 bits per heavy atom. The number of aryl methyl sites for hydroxylation is 2. The van der Waals surface area contributed by atoms with Crippen molar-refractivity contribution >= 4 is 11.6 Å². The van der Waals surface area contributed by atoms with E-state index in [4.69, 9.17) is 22.1 Å². The van der Waals surface area contributed by atoms with Crippen molar-refractivity contribution in [3.8, 4) is 0 Å². The zero-order chi connectivity index (χ0) is 12.9. The molecule has 2 saturated heterocycles. The highest BCUT2D eigenvalue weighted by atomic mass is 35.5. The van der Waals surface area contributed by atoms with Crippen molar-refractivity contribution in [3.05, 3.63) is 16.4 Å². The highest BCUT2D eigenvalue weighted by Crippen LogP contribution is 2.40. The number of rotatable bonds is 3. The van der Waals surface area contributed by atoms with E-state index in [0.717, 1.165) is 24.1 Å². The van der Waals surface area contributed by atoms with Gasteiger partial charge in [-0.1, -0.05) is 11.6 Å². The molecule has 4 unspecified atom stereocenters. The van der Waals surface area contributed by atoms with Crippen LogP contribution in [0.4, 0.5) is 0 Å². The number of nitrogens with two attached hydrogens (primary N) is 1. The van der Waals surface area contributed by atoms with E-state index in [9.17, 15) is 0 Å². The quantitative estimate of drug-likeness (QED) is 0.911. The van der Waals surface area contributed by atoms with Crippen LogP contribution in [0.15, 0.2) is 0 Å². The summed E-state index contributed by atoms with van der Waals surface area (Å²) in [6.45, 7) is 1.99. The van der Waals surface area contributed by atoms with E-state index in [-0.39, 0.29) is 6.04 Å². The number of fused-ring (bicyclic) bond motifs is 2. The summed E-state index contributed by atoms with van der Waals surface area (Å²) in [4.78, 5) is 0. The fourth-order valence-electron chi connectivity index (χ4n) is 3.42. The Labute approximate surface area is 112 Å². The van der Waals surface area contributed by atoms with Crippen LogP contribution in [-0.4, -0.2) is 28.0 Å². The molecule has 0 aromatic carbocycles. The van der Waals surface area contributed by atoms with Gasteiger partial charge in [-0.2, -0.15) is 5.10 Å². The molecule has 1 aromatic rings. The lowest BCUT2D eigenvalue weighted by molar-refractivity contribution is 0.0885. The average molecular weight is 270 g/mol. The molecule has 4 atom stereocenters. The third-order valence-corrected chi connectivity index (χ3v) is 4.89. The van der Waals surface area contributed by atoms with Gasteiger partial charge in [0.05, 0.1) is 17.9 Å². The van der Waals surface area contributed by atoms with Crippen molar-refractivity contribution in [2.24, 2.45) is 18.7 Å². The van der Waals surface area contributed by atoms with Gasteiger partial charge in [-0.05, 0) is 32.6 Å². The molecule has 2 N–H and O–H groups in total. The minimum Gasteiger partial charge on any atom is -0.375 e. The molecule has 0 amide bonds. The maximum atomic E-state index is 6.37. The highest BCUT2D eigenvalue weighted by molar-refractivity contribution is 6.30. The normalized spacial score (nSPS) is 32.1. The minimum absolute atomic E-state index is 0.126. The molecule has 4 nitrogen and oxygen atoms in total. The molecule has 2 aliphatic heterocycles. The topological polar surface area (TPSA) is 53.1 Å². The Hall–Kier alpha value is -0.580. The van der Waals surface area contributed by atoms with Gasteiger partial charge in [-0.3, -0.25) is 4.68 Å². The zero-order valence-electron chi connectivity index (χ0n) is 10.9. The van der Waals surface area contributed by atoms with E-state index >= 15 is 0 Å². The van der Waals surface area contributed by atoms with Gasteiger partial charge in [0.25, 0.3) is 0 Å². The van der Waals surface area contributed by atoms with E-state index in [1.165, 1.54) is 12.8 Å². The van der Waals surface area contributed by atoms with Crippen molar-refractivity contribution in [3.63, 3.8) is 0 Å². The summed E-state index contributed by atoms with van der Waals surface area (Å²) >= 11 is 6.26. The predicted molar refractivity (Wildman–Crippen MR) is 70.6 cm³/mol. The van der Waals surface area contributed by atoms with Gasteiger partial charge in [0.2, 0.25) is 0 Å². The molecule has 2 aliphatic rings. The first-order valence-electron chi connectivity index (χ1n) is 6.65. The molecular formula is C13H20ClN3O. The number of ether oxygens (including phenoxy) is 1. The second-order valence-corrected chi connectivity index (χ2v) is 5.98. The predicted octanol–water partition coefficient (Wildman–Crippen LogP) is 1.82. The van der Waals surface area contributed by atoms with Gasteiger partial charge in [0, 0.05) is 24.6 Å². The van der Waals surface area contributed by atoms with E-state index in [0.29, 0.717) is 23.3 Å². The second kappa shape index (κ2) is 4.51. The average Bonchev–Trinajstić information content (AvgIpc) is 3.00. The molecular weight excluding hydrogens is 250 g/mol. The number of halogens is 1. The van der Waals surface area contributed by atoms with Crippen molar-refractivity contribution in [1.29, 1.82) is 0 Å². The molecule has 3 rings (SSSR count). The van der Waals surface area contributed by atoms with Crippen molar-refractivity contribution in [2.45, 2.75) is 50.9 Å². The summed E-state index contributed by atoms with van der Waals surface area (Å²) < 4.78 is 7.59. The second-order valence-electron chi connectivity index (χ2n) is 5.62. The number of aromatic nitrogens is 2. The summed E-state index contributed by atoms with van der Waals surface area (Å²) in [7, 11) is 1.87. The molecule has 3 heterocycles. The summed E-state index contributed by atoms with van der Waals surface area (Å²) in [6, 6.07) is 0.126. The number of nitrogens with zero attached hydrogens (tertiary/aromatic N) is 2. The first-order chi connectivity index (χ1) is 8.56. The van der Waals surface area contributed by atoms with E-state index in [1.807, 2.05) is 14.0 Å². The Morgan fingerprint density at radius 2 is 2.33 bits per heavy atom. The molecule has 0 saturated carbocycles. The van der Waals surface area contributed by atoms with Gasteiger partial charge in [0.1, 0.15) is 5.15 Å². The smallest absolute Gasteiger partial charge is 0.130 e. The Morgan fingerprint density at radius 1 is 1.56 bits per heavy atom. The van der Waals surface area contributed by atoms with Crippen molar-refractivity contribution < 1.29 is 4.74 Å². The molecule has 0 radical (unpaired) electrons. The van der Waals surface area contributed by atoms with Gasteiger partial charge < -0.3 is 10.5 Å². The van der Waals surface area contributed by atoms with Crippen LogP contribution in [0, 0.1) is 12.8 Å². The third kappa shape index (κ3) is 1.96. The van der Waals surface area contributed by atoms with E-state index < -0.39 is 0 Å². The van der Waals surface area contributed by atoms with Crippen LogP contribution in [0.2, 0.25) is 5.15 Å². The molecule has 0 aliphatic carbocycles. The Balaban J connectivity index is 1.72.